The largest absolute Gasteiger partial charge is 0.497 e. The maximum absolute atomic E-state index is 12.0. The first-order valence-corrected chi connectivity index (χ1v) is 8.25. The molecule has 0 heterocycles. The summed E-state index contributed by atoms with van der Waals surface area (Å²) in [6.45, 7) is 1.75. The minimum atomic E-state index is -0.319. The number of nitrogens with one attached hydrogen (secondary N) is 1. The van der Waals surface area contributed by atoms with Crippen LogP contribution in [-0.2, 0) is 4.79 Å². The van der Waals surface area contributed by atoms with Gasteiger partial charge in [0, 0.05) is 5.56 Å². The SMILES string of the molecule is COc1ccc(OCC(=O)N/N=C(\C)c2cccc3ccccc23)cc1. The van der Waals surface area contributed by atoms with Crippen molar-refractivity contribution in [2.45, 2.75) is 6.92 Å². The first-order valence-electron chi connectivity index (χ1n) is 8.25. The normalized spacial score (nSPS) is 11.2. The van der Waals surface area contributed by atoms with E-state index in [0.29, 0.717) is 5.75 Å². The number of hydrogen-bond donors (Lipinski definition) is 1. The Morgan fingerprint density at radius 3 is 2.42 bits per heavy atom. The summed E-state index contributed by atoms with van der Waals surface area (Å²) in [7, 11) is 1.60. The summed E-state index contributed by atoms with van der Waals surface area (Å²) in [5.74, 6) is 1.01. The summed E-state index contributed by atoms with van der Waals surface area (Å²) in [5.41, 5.74) is 4.26. The Morgan fingerprint density at radius 2 is 1.65 bits per heavy atom. The van der Waals surface area contributed by atoms with Crippen LogP contribution in [0.5, 0.6) is 11.5 Å². The van der Waals surface area contributed by atoms with Gasteiger partial charge in [0.1, 0.15) is 11.5 Å². The Labute approximate surface area is 152 Å². The van der Waals surface area contributed by atoms with E-state index < -0.39 is 0 Å². The van der Waals surface area contributed by atoms with Gasteiger partial charge >= 0.3 is 0 Å². The van der Waals surface area contributed by atoms with Gasteiger partial charge in [-0.15, -0.1) is 0 Å². The van der Waals surface area contributed by atoms with Crippen molar-refractivity contribution in [3.63, 3.8) is 0 Å². The van der Waals surface area contributed by atoms with Crippen molar-refractivity contribution in [2.24, 2.45) is 5.10 Å². The minimum absolute atomic E-state index is 0.112. The van der Waals surface area contributed by atoms with E-state index in [1.165, 1.54) is 0 Å². The molecule has 3 aromatic rings. The molecule has 0 unspecified atom stereocenters. The van der Waals surface area contributed by atoms with Crippen LogP contribution in [0.25, 0.3) is 10.8 Å². The Morgan fingerprint density at radius 1 is 0.962 bits per heavy atom. The number of benzene rings is 3. The van der Waals surface area contributed by atoms with Crippen LogP contribution in [0.2, 0.25) is 0 Å². The van der Waals surface area contributed by atoms with Crippen molar-refractivity contribution in [1.82, 2.24) is 5.43 Å². The smallest absolute Gasteiger partial charge is 0.277 e. The Hall–Kier alpha value is -3.34. The van der Waals surface area contributed by atoms with Gasteiger partial charge in [-0.05, 0) is 42.0 Å². The van der Waals surface area contributed by atoms with E-state index in [0.717, 1.165) is 27.8 Å². The van der Waals surface area contributed by atoms with Crippen molar-refractivity contribution in [3.8, 4) is 11.5 Å². The van der Waals surface area contributed by atoms with Gasteiger partial charge in [-0.2, -0.15) is 5.10 Å². The maximum Gasteiger partial charge on any atom is 0.277 e. The Balaban J connectivity index is 1.61. The zero-order valence-electron chi connectivity index (χ0n) is 14.7. The summed E-state index contributed by atoms with van der Waals surface area (Å²) < 4.78 is 10.5. The lowest BCUT2D eigenvalue weighted by Crippen LogP contribution is -2.25. The second kappa shape index (κ2) is 8.16. The number of hydrogen-bond acceptors (Lipinski definition) is 4. The second-order valence-corrected chi connectivity index (χ2v) is 5.72. The fourth-order valence-electron chi connectivity index (χ4n) is 2.60. The van der Waals surface area contributed by atoms with Gasteiger partial charge in [0.25, 0.3) is 5.91 Å². The monoisotopic (exact) mass is 348 g/mol. The van der Waals surface area contributed by atoms with Gasteiger partial charge in [-0.25, -0.2) is 5.43 Å². The van der Waals surface area contributed by atoms with Crippen molar-refractivity contribution in [2.75, 3.05) is 13.7 Å². The number of carbonyl (C=O) groups is 1. The molecule has 1 N–H and O–H groups in total. The molecule has 3 rings (SSSR count). The first-order chi connectivity index (χ1) is 12.7. The fraction of sp³-hybridized carbons (Fsp3) is 0.143. The number of methoxy groups -OCH3 is 1. The van der Waals surface area contributed by atoms with E-state index in [2.05, 4.69) is 10.5 Å². The molecular weight excluding hydrogens is 328 g/mol. The van der Waals surface area contributed by atoms with Crippen LogP contribution in [0, 0.1) is 0 Å². The number of fused-ring (bicyclic) bond motifs is 1. The average Bonchev–Trinajstić information content (AvgIpc) is 2.70. The summed E-state index contributed by atoms with van der Waals surface area (Å²) in [6, 6.07) is 21.1. The number of nitrogens with zero attached hydrogens (tertiary/aromatic N) is 1. The van der Waals surface area contributed by atoms with Crippen LogP contribution in [0.15, 0.2) is 71.8 Å². The quantitative estimate of drug-likeness (QED) is 0.545. The van der Waals surface area contributed by atoms with E-state index in [1.807, 2.05) is 49.4 Å². The number of hydrazone groups is 1. The number of carbonyl (C=O) groups excluding carboxylic acids is 1. The molecule has 0 saturated heterocycles. The summed E-state index contributed by atoms with van der Waals surface area (Å²) in [4.78, 5) is 12.0. The highest BCUT2D eigenvalue weighted by atomic mass is 16.5. The van der Waals surface area contributed by atoms with Gasteiger partial charge in [0.15, 0.2) is 6.61 Å². The van der Waals surface area contributed by atoms with Crippen molar-refractivity contribution < 1.29 is 14.3 Å². The number of rotatable bonds is 6. The molecule has 0 aromatic heterocycles. The molecule has 0 saturated carbocycles. The summed E-state index contributed by atoms with van der Waals surface area (Å²) in [6.07, 6.45) is 0. The molecule has 132 valence electrons. The van der Waals surface area contributed by atoms with E-state index >= 15 is 0 Å². The molecule has 1 amide bonds. The summed E-state index contributed by atoms with van der Waals surface area (Å²) >= 11 is 0. The zero-order chi connectivity index (χ0) is 18.4. The van der Waals surface area contributed by atoms with Crippen molar-refractivity contribution >= 4 is 22.4 Å². The lowest BCUT2D eigenvalue weighted by molar-refractivity contribution is -0.123. The van der Waals surface area contributed by atoms with Gasteiger partial charge < -0.3 is 9.47 Å². The van der Waals surface area contributed by atoms with Crippen LogP contribution in [0.3, 0.4) is 0 Å². The van der Waals surface area contributed by atoms with Gasteiger partial charge in [0.05, 0.1) is 12.8 Å². The third kappa shape index (κ3) is 4.19. The standard InChI is InChI=1S/C21H20N2O3/c1-15(19-9-5-7-16-6-3-4-8-20(16)19)22-23-21(24)14-26-18-12-10-17(25-2)11-13-18/h3-13H,14H2,1-2H3,(H,23,24)/b22-15+. The topological polar surface area (TPSA) is 59.9 Å². The third-order valence-corrected chi connectivity index (χ3v) is 3.96. The molecule has 0 spiro atoms. The highest BCUT2D eigenvalue weighted by Crippen LogP contribution is 2.19. The van der Waals surface area contributed by atoms with E-state index in [9.17, 15) is 4.79 Å². The third-order valence-electron chi connectivity index (χ3n) is 3.96. The Kier molecular flexibility index (Phi) is 5.49. The van der Waals surface area contributed by atoms with Gasteiger partial charge in [0.2, 0.25) is 0 Å². The molecule has 0 atom stereocenters. The second-order valence-electron chi connectivity index (χ2n) is 5.72. The van der Waals surface area contributed by atoms with Crippen molar-refractivity contribution in [1.29, 1.82) is 0 Å². The van der Waals surface area contributed by atoms with Crippen molar-refractivity contribution in [3.05, 3.63) is 72.3 Å². The molecular formula is C21H20N2O3. The lowest BCUT2D eigenvalue weighted by atomic mass is 10.0. The first kappa shape index (κ1) is 17.5. The molecule has 3 aromatic carbocycles. The van der Waals surface area contributed by atoms with E-state index in [-0.39, 0.29) is 12.5 Å². The predicted octanol–water partition coefficient (Wildman–Crippen LogP) is 3.77. The molecule has 5 nitrogen and oxygen atoms in total. The van der Waals surface area contributed by atoms with Crippen LogP contribution >= 0.6 is 0 Å². The molecule has 5 heteroatoms. The van der Waals surface area contributed by atoms with Gasteiger partial charge in [-0.3, -0.25) is 4.79 Å². The number of amides is 1. The molecule has 26 heavy (non-hydrogen) atoms. The van der Waals surface area contributed by atoms with Crippen LogP contribution in [0.1, 0.15) is 12.5 Å². The molecule has 0 aliphatic heterocycles. The molecule has 0 fully saturated rings. The highest BCUT2D eigenvalue weighted by Gasteiger charge is 2.06. The lowest BCUT2D eigenvalue weighted by Gasteiger charge is -2.08. The molecule has 0 radical (unpaired) electrons. The van der Waals surface area contributed by atoms with Crippen LogP contribution in [0.4, 0.5) is 0 Å². The van der Waals surface area contributed by atoms with E-state index in [1.54, 1.807) is 31.4 Å². The number of ether oxygens (including phenoxy) is 2. The Bertz CT molecular complexity index is 928. The minimum Gasteiger partial charge on any atom is -0.497 e. The zero-order valence-corrected chi connectivity index (χ0v) is 14.7. The molecule has 0 aliphatic carbocycles. The average molecular weight is 348 g/mol. The van der Waals surface area contributed by atoms with Gasteiger partial charge in [-0.1, -0.05) is 42.5 Å². The molecule has 0 aliphatic rings. The summed E-state index contributed by atoms with van der Waals surface area (Å²) in [5, 5.41) is 6.43. The predicted molar refractivity (Wildman–Crippen MR) is 103 cm³/mol. The van der Waals surface area contributed by atoms with Crippen LogP contribution < -0.4 is 14.9 Å². The molecule has 0 bridgehead atoms. The highest BCUT2D eigenvalue weighted by molar-refractivity contribution is 6.09. The fourth-order valence-corrected chi connectivity index (χ4v) is 2.60. The maximum atomic E-state index is 12.0. The van der Waals surface area contributed by atoms with E-state index in [4.69, 9.17) is 9.47 Å². The van der Waals surface area contributed by atoms with Crippen LogP contribution in [-0.4, -0.2) is 25.3 Å².